The van der Waals surface area contributed by atoms with E-state index in [9.17, 15) is 9.18 Å². The molecule has 0 saturated heterocycles. The number of esters is 1. The SMILES string of the molecule is CCC(NCc1ccc(C#N)cc1F)C(=O)OC(C)(C)C. The lowest BCUT2D eigenvalue weighted by Gasteiger charge is -2.24. The number of carbonyl (C=O) groups is 1. The molecule has 0 bridgehead atoms. The minimum absolute atomic E-state index is 0.204. The van der Waals surface area contributed by atoms with Crippen molar-refractivity contribution in [2.24, 2.45) is 0 Å². The molecule has 1 aromatic rings. The monoisotopic (exact) mass is 292 g/mol. The summed E-state index contributed by atoms with van der Waals surface area (Å²) in [6.07, 6.45) is 0.548. The number of rotatable bonds is 5. The highest BCUT2D eigenvalue weighted by Gasteiger charge is 2.23. The van der Waals surface area contributed by atoms with Crippen molar-refractivity contribution in [2.45, 2.75) is 52.3 Å². The third kappa shape index (κ3) is 5.52. The summed E-state index contributed by atoms with van der Waals surface area (Å²) in [6, 6.07) is 5.67. The van der Waals surface area contributed by atoms with Crippen LogP contribution in [-0.2, 0) is 16.1 Å². The lowest BCUT2D eigenvalue weighted by molar-refractivity contribution is -0.157. The smallest absolute Gasteiger partial charge is 0.323 e. The first-order chi connectivity index (χ1) is 9.76. The first kappa shape index (κ1) is 17.1. The van der Waals surface area contributed by atoms with E-state index in [1.165, 1.54) is 6.07 Å². The Labute approximate surface area is 124 Å². The topological polar surface area (TPSA) is 62.1 Å². The first-order valence-corrected chi connectivity index (χ1v) is 6.91. The van der Waals surface area contributed by atoms with Crippen molar-refractivity contribution in [1.29, 1.82) is 5.26 Å². The third-order valence-electron chi connectivity index (χ3n) is 2.82. The summed E-state index contributed by atoms with van der Waals surface area (Å²) in [5.74, 6) is -0.806. The van der Waals surface area contributed by atoms with Crippen molar-refractivity contribution in [2.75, 3.05) is 0 Å². The molecular formula is C16H21FN2O2. The van der Waals surface area contributed by atoms with Crippen LogP contribution in [0.4, 0.5) is 4.39 Å². The summed E-state index contributed by atoms with van der Waals surface area (Å²) in [4.78, 5) is 12.0. The van der Waals surface area contributed by atoms with E-state index in [4.69, 9.17) is 10.00 Å². The van der Waals surface area contributed by atoms with E-state index in [0.717, 1.165) is 0 Å². The van der Waals surface area contributed by atoms with E-state index in [1.54, 1.807) is 32.9 Å². The Morgan fingerprint density at radius 1 is 1.48 bits per heavy atom. The second kappa shape index (κ2) is 7.19. The molecule has 1 rings (SSSR count). The fraction of sp³-hybridized carbons (Fsp3) is 0.500. The second-order valence-electron chi connectivity index (χ2n) is 5.79. The number of hydrogen-bond donors (Lipinski definition) is 1. The molecule has 0 heterocycles. The molecule has 0 spiro atoms. The molecule has 1 atom stereocenters. The van der Waals surface area contributed by atoms with Crippen molar-refractivity contribution < 1.29 is 13.9 Å². The Morgan fingerprint density at radius 2 is 2.14 bits per heavy atom. The first-order valence-electron chi connectivity index (χ1n) is 6.91. The summed E-state index contributed by atoms with van der Waals surface area (Å²) in [6.45, 7) is 7.47. The van der Waals surface area contributed by atoms with Gasteiger partial charge in [0.05, 0.1) is 11.6 Å². The van der Waals surface area contributed by atoms with Gasteiger partial charge in [-0.3, -0.25) is 4.79 Å². The number of benzene rings is 1. The number of ether oxygens (including phenoxy) is 1. The Bertz CT molecular complexity index is 544. The molecule has 5 heteroatoms. The van der Waals surface area contributed by atoms with E-state index in [2.05, 4.69) is 5.32 Å². The van der Waals surface area contributed by atoms with Gasteiger partial charge in [0, 0.05) is 12.1 Å². The maximum Gasteiger partial charge on any atom is 0.323 e. The van der Waals surface area contributed by atoms with Crippen LogP contribution in [0.1, 0.15) is 45.2 Å². The van der Waals surface area contributed by atoms with Crippen molar-refractivity contribution in [1.82, 2.24) is 5.32 Å². The Balaban J connectivity index is 2.68. The van der Waals surface area contributed by atoms with Gasteiger partial charge in [-0.05, 0) is 39.3 Å². The fourth-order valence-electron chi connectivity index (χ4n) is 1.76. The lowest BCUT2D eigenvalue weighted by atomic mass is 10.1. The minimum atomic E-state index is -0.550. The molecular weight excluding hydrogens is 271 g/mol. The van der Waals surface area contributed by atoms with E-state index >= 15 is 0 Å². The van der Waals surface area contributed by atoms with Crippen LogP contribution in [0.25, 0.3) is 0 Å². The average molecular weight is 292 g/mol. The van der Waals surface area contributed by atoms with Gasteiger partial charge in [-0.15, -0.1) is 0 Å². The number of nitriles is 1. The van der Waals surface area contributed by atoms with E-state index in [-0.39, 0.29) is 18.1 Å². The van der Waals surface area contributed by atoms with Crippen molar-refractivity contribution in [3.63, 3.8) is 0 Å². The van der Waals surface area contributed by atoms with Crippen molar-refractivity contribution >= 4 is 5.97 Å². The maximum atomic E-state index is 13.8. The largest absolute Gasteiger partial charge is 0.459 e. The van der Waals surface area contributed by atoms with E-state index < -0.39 is 17.5 Å². The van der Waals surface area contributed by atoms with E-state index in [0.29, 0.717) is 12.0 Å². The molecule has 4 nitrogen and oxygen atoms in total. The second-order valence-corrected chi connectivity index (χ2v) is 5.79. The lowest BCUT2D eigenvalue weighted by Crippen LogP contribution is -2.40. The number of carbonyl (C=O) groups excluding carboxylic acids is 1. The van der Waals surface area contributed by atoms with Crippen LogP contribution >= 0.6 is 0 Å². The van der Waals surface area contributed by atoms with Crippen LogP contribution in [0.5, 0.6) is 0 Å². The standard InChI is InChI=1S/C16H21FN2O2/c1-5-14(15(20)21-16(2,3)4)19-10-12-7-6-11(9-18)8-13(12)17/h6-8,14,19H,5,10H2,1-4H3. The summed E-state index contributed by atoms with van der Waals surface area (Å²) < 4.78 is 19.1. The Hall–Kier alpha value is -1.93. The maximum absolute atomic E-state index is 13.8. The van der Waals surface area contributed by atoms with Crippen LogP contribution in [0, 0.1) is 17.1 Å². The van der Waals surface area contributed by atoms with Crippen molar-refractivity contribution in [3.8, 4) is 6.07 Å². The number of halogens is 1. The van der Waals surface area contributed by atoms with Crippen molar-refractivity contribution in [3.05, 3.63) is 35.1 Å². The molecule has 0 fully saturated rings. The highest BCUT2D eigenvalue weighted by atomic mass is 19.1. The number of hydrogen-bond acceptors (Lipinski definition) is 4. The molecule has 1 aromatic carbocycles. The van der Waals surface area contributed by atoms with Gasteiger partial charge < -0.3 is 10.1 Å². The van der Waals surface area contributed by atoms with Crippen LogP contribution in [0.2, 0.25) is 0 Å². The molecule has 0 radical (unpaired) electrons. The summed E-state index contributed by atoms with van der Waals surface area (Å²) in [7, 11) is 0. The van der Waals surface area contributed by atoms with Crippen LogP contribution in [0.15, 0.2) is 18.2 Å². The van der Waals surface area contributed by atoms with Gasteiger partial charge in [-0.2, -0.15) is 5.26 Å². The zero-order chi connectivity index (χ0) is 16.0. The highest BCUT2D eigenvalue weighted by molar-refractivity contribution is 5.76. The molecule has 21 heavy (non-hydrogen) atoms. The summed E-state index contributed by atoms with van der Waals surface area (Å²) in [5.41, 5.74) is 0.137. The van der Waals surface area contributed by atoms with Crippen LogP contribution in [0.3, 0.4) is 0 Å². The molecule has 0 aromatic heterocycles. The van der Waals surface area contributed by atoms with E-state index in [1.807, 2.05) is 13.0 Å². The normalized spacial score (nSPS) is 12.6. The summed E-state index contributed by atoms with van der Waals surface area (Å²) >= 11 is 0. The van der Waals surface area contributed by atoms with Gasteiger partial charge in [0.25, 0.3) is 0 Å². The number of nitrogens with zero attached hydrogens (tertiary/aromatic N) is 1. The molecule has 0 aliphatic carbocycles. The van der Waals surface area contributed by atoms with Crippen LogP contribution in [-0.4, -0.2) is 17.6 Å². The Kier molecular flexibility index (Phi) is 5.86. The zero-order valence-corrected chi connectivity index (χ0v) is 12.9. The third-order valence-corrected chi connectivity index (χ3v) is 2.82. The predicted octanol–water partition coefficient (Wildman–Crippen LogP) is 2.91. The van der Waals surface area contributed by atoms with Gasteiger partial charge in [0.15, 0.2) is 0 Å². The Morgan fingerprint density at radius 3 is 2.62 bits per heavy atom. The van der Waals surface area contributed by atoms with Gasteiger partial charge in [0.1, 0.15) is 17.5 Å². The van der Waals surface area contributed by atoms with Gasteiger partial charge in [0.2, 0.25) is 0 Å². The minimum Gasteiger partial charge on any atom is -0.459 e. The molecule has 1 unspecified atom stereocenters. The van der Waals surface area contributed by atoms with Gasteiger partial charge in [-0.25, -0.2) is 4.39 Å². The fourth-order valence-corrected chi connectivity index (χ4v) is 1.76. The molecule has 0 aliphatic heterocycles. The van der Waals surface area contributed by atoms with Crippen LogP contribution < -0.4 is 5.32 Å². The highest BCUT2D eigenvalue weighted by Crippen LogP contribution is 2.12. The number of nitrogens with one attached hydrogen (secondary N) is 1. The molecule has 0 aliphatic rings. The molecule has 114 valence electrons. The molecule has 0 saturated carbocycles. The molecule has 0 amide bonds. The zero-order valence-electron chi connectivity index (χ0n) is 12.9. The summed E-state index contributed by atoms with van der Waals surface area (Å²) in [5, 5.41) is 11.7. The average Bonchev–Trinajstić information content (AvgIpc) is 2.38. The van der Waals surface area contributed by atoms with Gasteiger partial charge >= 0.3 is 5.97 Å². The molecule has 1 N–H and O–H groups in total. The van der Waals surface area contributed by atoms with Gasteiger partial charge in [-0.1, -0.05) is 13.0 Å². The quantitative estimate of drug-likeness (QED) is 0.848. The predicted molar refractivity (Wildman–Crippen MR) is 77.9 cm³/mol.